The Balaban J connectivity index is 0.000000140. The first kappa shape index (κ1) is 75.3. The smallest absolute Gasteiger partial charge is 0.258 e. The van der Waals surface area contributed by atoms with E-state index in [9.17, 15) is 23.2 Å². The van der Waals surface area contributed by atoms with Crippen LogP contribution in [0.25, 0.3) is 0 Å². The number of anilines is 3. The highest BCUT2D eigenvalue weighted by molar-refractivity contribution is 6.32. The third kappa shape index (κ3) is 18.0. The van der Waals surface area contributed by atoms with Crippen molar-refractivity contribution in [3.8, 4) is 17.2 Å². The molecule has 9 heterocycles. The Morgan fingerprint density at radius 3 is 1.05 bits per heavy atom. The molecular formula is C82H81Cl6F2N9O6. The zero-order valence-corrected chi connectivity index (χ0v) is 62.8. The lowest BCUT2D eigenvalue weighted by molar-refractivity contribution is 0.0967. The van der Waals surface area contributed by atoms with Gasteiger partial charge >= 0.3 is 0 Å². The normalized spacial score (nSPS) is 16.9. The van der Waals surface area contributed by atoms with Gasteiger partial charge in [0.15, 0.2) is 0 Å². The summed E-state index contributed by atoms with van der Waals surface area (Å²) in [5, 5.41) is 3.01. The Morgan fingerprint density at radius 2 is 0.695 bits per heavy atom. The second kappa shape index (κ2) is 33.9. The van der Waals surface area contributed by atoms with Crippen molar-refractivity contribution in [2.24, 2.45) is 0 Å². The van der Waals surface area contributed by atoms with E-state index in [0.717, 1.165) is 151 Å². The van der Waals surface area contributed by atoms with Gasteiger partial charge in [-0.3, -0.25) is 19.3 Å². The largest absolute Gasteiger partial charge is 0.494 e. The Morgan fingerprint density at radius 1 is 0.381 bits per heavy atom. The van der Waals surface area contributed by atoms with Crippen LogP contribution in [0.1, 0.15) is 111 Å². The van der Waals surface area contributed by atoms with Crippen LogP contribution in [-0.4, -0.2) is 146 Å². The maximum Gasteiger partial charge on any atom is 0.258 e. The van der Waals surface area contributed by atoms with Crippen molar-refractivity contribution in [1.82, 2.24) is 29.7 Å². The molecule has 15 rings (SSSR count). The van der Waals surface area contributed by atoms with E-state index in [-0.39, 0.29) is 45.6 Å². The Kier molecular flexibility index (Phi) is 24.3. The summed E-state index contributed by atoms with van der Waals surface area (Å²) in [5.41, 5.74) is 8.81. The van der Waals surface area contributed by atoms with Crippen LogP contribution in [0.3, 0.4) is 0 Å². The van der Waals surface area contributed by atoms with E-state index in [2.05, 4.69) is 48.7 Å². The first-order chi connectivity index (χ1) is 50.8. The van der Waals surface area contributed by atoms with E-state index in [4.69, 9.17) is 83.8 Å². The van der Waals surface area contributed by atoms with Crippen LogP contribution >= 0.6 is 69.6 Å². The Hall–Kier alpha value is -7.94. The molecule has 0 N–H and O–H groups in total. The molecule has 15 nitrogen and oxygen atoms in total. The van der Waals surface area contributed by atoms with Gasteiger partial charge in [-0.1, -0.05) is 87.3 Å². The molecule has 9 aromatic rings. The number of aryl methyl sites for hydroxylation is 1. The molecule has 23 heteroatoms. The molecule has 0 saturated carbocycles. The minimum atomic E-state index is -0.265. The van der Waals surface area contributed by atoms with Gasteiger partial charge in [0.1, 0.15) is 50.9 Å². The summed E-state index contributed by atoms with van der Waals surface area (Å²) < 4.78 is 43.4. The molecule has 0 atom stereocenters. The number of likely N-dealkylation sites (tertiary alicyclic amines) is 3. The van der Waals surface area contributed by atoms with Crippen LogP contribution in [0.15, 0.2) is 182 Å². The zero-order chi connectivity index (χ0) is 73.2. The number of amides is 3. The van der Waals surface area contributed by atoms with Crippen molar-refractivity contribution in [3.63, 3.8) is 0 Å². The van der Waals surface area contributed by atoms with Crippen LogP contribution in [0, 0.1) is 18.6 Å². The number of rotatable bonds is 18. The van der Waals surface area contributed by atoms with Gasteiger partial charge in [0, 0.05) is 116 Å². The second-order valence-electron chi connectivity index (χ2n) is 28.0. The van der Waals surface area contributed by atoms with Crippen molar-refractivity contribution < 1.29 is 37.4 Å². The molecule has 0 radical (unpaired) electrons. The Labute approximate surface area is 641 Å². The van der Waals surface area contributed by atoms with Gasteiger partial charge in [-0.15, -0.1) is 0 Å². The summed E-state index contributed by atoms with van der Waals surface area (Å²) >= 11 is 37.3. The minimum Gasteiger partial charge on any atom is -0.494 e. The van der Waals surface area contributed by atoms with Gasteiger partial charge < -0.3 is 38.7 Å². The number of pyridine rings is 3. The first-order valence-corrected chi connectivity index (χ1v) is 37.9. The third-order valence-electron chi connectivity index (χ3n) is 21.3. The maximum absolute atomic E-state index is 13.4. The fourth-order valence-corrected chi connectivity index (χ4v) is 16.6. The highest BCUT2D eigenvalue weighted by Crippen LogP contribution is 2.52. The molecule has 0 aliphatic carbocycles. The van der Waals surface area contributed by atoms with Crippen molar-refractivity contribution in [3.05, 3.63) is 263 Å². The van der Waals surface area contributed by atoms with Gasteiger partial charge in [-0.25, -0.2) is 23.7 Å². The number of carbonyl (C=O) groups is 3. The number of hydrogen-bond acceptors (Lipinski definition) is 12. The number of hydrogen-bond donors (Lipinski definition) is 0. The molecule has 0 unspecified atom stereocenters. The van der Waals surface area contributed by atoms with Crippen LogP contribution in [0.5, 0.6) is 17.2 Å². The number of aromatic nitrogens is 3. The number of carbonyl (C=O) groups excluding carboxylic acids is 3. The van der Waals surface area contributed by atoms with E-state index in [1.54, 1.807) is 79.3 Å². The maximum atomic E-state index is 13.4. The lowest BCUT2D eigenvalue weighted by atomic mass is 9.74. The van der Waals surface area contributed by atoms with Gasteiger partial charge in [-0.2, -0.15) is 0 Å². The van der Waals surface area contributed by atoms with Crippen molar-refractivity contribution in [2.75, 3.05) is 113 Å². The highest BCUT2D eigenvalue weighted by atomic mass is 35.5. The highest BCUT2D eigenvalue weighted by Gasteiger charge is 2.50. The van der Waals surface area contributed by atoms with Gasteiger partial charge in [0.25, 0.3) is 17.7 Å². The van der Waals surface area contributed by atoms with Crippen molar-refractivity contribution in [2.45, 2.75) is 81.0 Å². The molecule has 6 aliphatic rings. The summed E-state index contributed by atoms with van der Waals surface area (Å²) in [6.45, 7) is 14.4. The van der Waals surface area contributed by atoms with Gasteiger partial charge in [0.05, 0.1) is 13.2 Å². The van der Waals surface area contributed by atoms with E-state index in [1.807, 2.05) is 81.4 Å². The summed E-state index contributed by atoms with van der Waals surface area (Å²) in [5.74, 6) is 1.57. The topological polar surface area (TPSA) is 137 Å². The molecule has 105 heavy (non-hydrogen) atoms. The van der Waals surface area contributed by atoms with Crippen LogP contribution in [-0.2, 0) is 16.2 Å². The molecule has 6 aromatic carbocycles. The van der Waals surface area contributed by atoms with E-state index in [0.29, 0.717) is 98.2 Å². The molecule has 0 bridgehead atoms. The average molecular weight is 1540 g/mol. The minimum absolute atomic E-state index is 0.0568. The number of fused-ring (bicyclic) bond motifs is 6. The molecule has 546 valence electrons. The van der Waals surface area contributed by atoms with Gasteiger partial charge in [0.2, 0.25) is 0 Å². The predicted octanol–water partition coefficient (Wildman–Crippen LogP) is 18.1. The van der Waals surface area contributed by atoms with Crippen LogP contribution in [0.2, 0.25) is 30.5 Å². The summed E-state index contributed by atoms with van der Waals surface area (Å²) in [6.07, 6.45) is 13.3. The predicted molar refractivity (Wildman–Crippen MR) is 413 cm³/mol. The third-order valence-corrected chi connectivity index (χ3v) is 22.6. The van der Waals surface area contributed by atoms with Crippen LogP contribution < -0.4 is 28.9 Å². The number of benzene rings is 6. The molecule has 3 amide bonds. The number of piperidine rings is 3. The molecule has 3 saturated heterocycles. The Bertz CT molecular complexity index is 4540. The monoisotopic (exact) mass is 1540 g/mol. The van der Waals surface area contributed by atoms with Crippen molar-refractivity contribution >= 4 is 104 Å². The summed E-state index contributed by atoms with van der Waals surface area (Å²) in [6, 6.07) is 47.9. The lowest BCUT2D eigenvalue weighted by Gasteiger charge is -2.40. The fraction of sp³-hybridized carbons (Fsp3) is 0.341. The first-order valence-electron chi connectivity index (χ1n) is 35.6. The summed E-state index contributed by atoms with van der Waals surface area (Å²) in [4.78, 5) is 65.2. The number of nitrogens with zero attached hydrogens (tertiary/aromatic N) is 9. The quantitative estimate of drug-likeness (QED) is 0.0597. The number of ether oxygens (including phenoxy) is 3. The lowest BCUT2D eigenvalue weighted by Crippen LogP contribution is -2.47. The molecule has 6 aliphatic heterocycles. The molecular weight excluding hydrogens is 1460 g/mol. The summed E-state index contributed by atoms with van der Waals surface area (Å²) in [7, 11) is 0. The van der Waals surface area contributed by atoms with Gasteiger partial charge in [-0.05, 0) is 279 Å². The van der Waals surface area contributed by atoms with E-state index >= 15 is 0 Å². The molecule has 3 fully saturated rings. The molecule has 3 aromatic heterocycles. The van der Waals surface area contributed by atoms with E-state index < -0.39 is 0 Å². The zero-order valence-electron chi connectivity index (χ0n) is 58.3. The fourth-order valence-electron chi connectivity index (χ4n) is 15.5. The average Bonchev–Trinajstić information content (AvgIpc) is 1.60. The SMILES string of the molecule is Cc1ccc(OCCN2CCC3(CC2)CN(C(=O)c2ccnc(Cl)c2)c2ccc(Cl)cc23)cc1.O=C(c1ccnc(Cl)c1)N1CC2(CCN(CCCCOc3ccc(F)cc3)CC2)c2cc(Cl)ccc21.O=C(c1ccnc(Cl)c1)N1CC2(CCN(CCCOc3ccc(F)cc3)CC2)c2cc(Cl)ccc21. The molecule has 3 spiro atoms. The second-order valence-corrected chi connectivity index (χ2v) is 30.4. The standard InChI is InChI=1S/C28H28Cl2FN3O2.C27H26Cl2FN3O2.C27H27Cl2N3O2/c29-21-3-8-25-24(18-21)28(19-34(25)27(35)20-9-12-32-26(30)17-20)10-14-33(15-11-28)13-1-2-16-36-23-6-4-22(31)5-7-23;28-20-2-7-24-23(17-20)27(18-33(24)26(34)19-8-11-31-25(29)16-19)9-13-32(14-10-27)12-1-15-35-22-5-3-21(30)4-6-22;1-19-2-5-22(6-3-19)34-15-14-31-12-9-27(10-13-31)18-32(24-7-4-21(28)17-23(24)27)26(33)20-8-11-30-25(29)16-20/h3-9,12,17-18H,1-2,10-11,13-16,19H2;2-8,11,16-17H,1,9-10,12-15,18H2;2-8,11,16-17H,9-10,12-15,18H2,1H3. The van der Waals surface area contributed by atoms with Crippen LogP contribution in [0.4, 0.5) is 25.8 Å². The number of unbranched alkanes of at least 4 members (excludes halogenated alkanes) is 1. The van der Waals surface area contributed by atoms with E-state index in [1.165, 1.54) is 35.4 Å². The van der Waals surface area contributed by atoms with Crippen molar-refractivity contribution in [1.29, 1.82) is 0 Å². The number of halogens is 8.